The normalized spacial score (nSPS) is 12.8. The molecule has 0 aliphatic carbocycles. The first-order chi connectivity index (χ1) is 6.72. The highest BCUT2D eigenvalue weighted by Gasteiger charge is 2.00. The summed E-state index contributed by atoms with van der Waals surface area (Å²) >= 11 is 5.80. The second-order valence-electron chi connectivity index (χ2n) is 3.10. The average Bonchev–Trinajstić information content (AvgIpc) is 2.17. The summed E-state index contributed by atoms with van der Waals surface area (Å²) in [6, 6.07) is 7.50. The fourth-order valence-corrected chi connectivity index (χ4v) is 1.31. The maximum atomic E-state index is 9.05. The van der Waals surface area contributed by atoms with E-state index in [1.54, 1.807) is 0 Å². The molecular weight excluding hydrogens is 202 g/mol. The highest BCUT2D eigenvalue weighted by atomic mass is 35.5. The molecule has 0 heterocycles. The van der Waals surface area contributed by atoms with Gasteiger partial charge < -0.3 is 15.5 Å². The van der Waals surface area contributed by atoms with Crippen LogP contribution in [-0.2, 0) is 6.54 Å². The van der Waals surface area contributed by atoms with Gasteiger partial charge in [0.25, 0.3) is 0 Å². The van der Waals surface area contributed by atoms with Crippen LogP contribution in [0.15, 0.2) is 24.3 Å². The second-order valence-corrected chi connectivity index (χ2v) is 3.53. The Morgan fingerprint density at radius 2 is 2.21 bits per heavy atom. The van der Waals surface area contributed by atoms with E-state index in [0.29, 0.717) is 18.1 Å². The van der Waals surface area contributed by atoms with E-state index >= 15 is 0 Å². The van der Waals surface area contributed by atoms with Gasteiger partial charge >= 0.3 is 0 Å². The summed E-state index contributed by atoms with van der Waals surface area (Å²) in [6.07, 6.45) is -0.700. The number of hydrogen-bond acceptors (Lipinski definition) is 3. The van der Waals surface area contributed by atoms with Crippen molar-refractivity contribution in [3.63, 3.8) is 0 Å². The molecule has 0 aliphatic rings. The van der Waals surface area contributed by atoms with Crippen LogP contribution in [0.4, 0.5) is 0 Å². The first kappa shape index (κ1) is 11.5. The number of nitrogens with one attached hydrogen (secondary N) is 1. The van der Waals surface area contributed by atoms with Crippen molar-refractivity contribution in [2.75, 3.05) is 13.2 Å². The number of benzene rings is 1. The molecule has 1 rings (SSSR count). The molecule has 4 heteroatoms. The van der Waals surface area contributed by atoms with Gasteiger partial charge in [-0.15, -0.1) is 0 Å². The number of aliphatic hydroxyl groups is 2. The van der Waals surface area contributed by atoms with Gasteiger partial charge in [0.2, 0.25) is 0 Å². The molecule has 0 saturated heterocycles. The molecule has 1 aromatic carbocycles. The molecule has 0 aliphatic heterocycles. The van der Waals surface area contributed by atoms with Gasteiger partial charge in [0.15, 0.2) is 0 Å². The van der Waals surface area contributed by atoms with Crippen molar-refractivity contribution in [1.82, 2.24) is 5.32 Å². The molecule has 0 amide bonds. The van der Waals surface area contributed by atoms with Crippen LogP contribution in [0.3, 0.4) is 0 Å². The van der Waals surface area contributed by atoms with Crippen molar-refractivity contribution < 1.29 is 10.2 Å². The highest BCUT2D eigenvalue weighted by molar-refractivity contribution is 6.30. The van der Waals surface area contributed by atoms with Crippen molar-refractivity contribution in [1.29, 1.82) is 0 Å². The molecular formula is C10H14ClNO2. The largest absolute Gasteiger partial charge is 0.394 e. The lowest BCUT2D eigenvalue weighted by Crippen LogP contribution is -2.28. The van der Waals surface area contributed by atoms with E-state index < -0.39 is 6.10 Å². The molecule has 14 heavy (non-hydrogen) atoms. The van der Waals surface area contributed by atoms with Crippen molar-refractivity contribution in [3.05, 3.63) is 34.9 Å². The number of halogens is 1. The molecule has 0 bridgehead atoms. The van der Waals surface area contributed by atoms with E-state index in [1.165, 1.54) is 0 Å². The fraction of sp³-hybridized carbons (Fsp3) is 0.400. The smallest absolute Gasteiger partial charge is 0.0895 e. The SMILES string of the molecule is OC[C@@H](O)CNCc1cccc(Cl)c1. The summed E-state index contributed by atoms with van der Waals surface area (Å²) in [5, 5.41) is 21.3. The van der Waals surface area contributed by atoms with Crippen molar-refractivity contribution in [2.45, 2.75) is 12.6 Å². The van der Waals surface area contributed by atoms with Gasteiger partial charge in [0, 0.05) is 18.1 Å². The summed E-state index contributed by atoms with van der Waals surface area (Å²) in [6.45, 7) is 0.795. The minimum absolute atomic E-state index is 0.220. The van der Waals surface area contributed by atoms with Crippen molar-refractivity contribution in [2.24, 2.45) is 0 Å². The van der Waals surface area contributed by atoms with Crippen LogP contribution in [0.25, 0.3) is 0 Å². The molecule has 0 spiro atoms. The minimum atomic E-state index is -0.700. The topological polar surface area (TPSA) is 52.5 Å². The monoisotopic (exact) mass is 215 g/mol. The van der Waals surface area contributed by atoms with Gasteiger partial charge in [-0.1, -0.05) is 23.7 Å². The third-order valence-corrected chi connectivity index (χ3v) is 2.04. The Hall–Kier alpha value is -0.610. The fourth-order valence-electron chi connectivity index (χ4n) is 1.09. The number of rotatable bonds is 5. The maximum absolute atomic E-state index is 9.05. The van der Waals surface area contributed by atoms with Crippen molar-refractivity contribution >= 4 is 11.6 Å². The quantitative estimate of drug-likeness (QED) is 0.681. The van der Waals surface area contributed by atoms with Crippen LogP contribution in [0, 0.1) is 0 Å². The molecule has 0 unspecified atom stereocenters. The van der Waals surface area contributed by atoms with E-state index in [-0.39, 0.29) is 6.61 Å². The lowest BCUT2D eigenvalue weighted by Gasteiger charge is -2.08. The van der Waals surface area contributed by atoms with Crippen LogP contribution < -0.4 is 5.32 Å². The van der Waals surface area contributed by atoms with Gasteiger partial charge in [0.1, 0.15) is 0 Å². The van der Waals surface area contributed by atoms with Crippen molar-refractivity contribution in [3.8, 4) is 0 Å². The zero-order chi connectivity index (χ0) is 10.4. The minimum Gasteiger partial charge on any atom is -0.394 e. The predicted octanol–water partition coefficient (Wildman–Crippen LogP) is 0.783. The van der Waals surface area contributed by atoms with Gasteiger partial charge in [-0.25, -0.2) is 0 Å². The molecule has 0 radical (unpaired) electrons. The Morgan fingerprint density at radius 3 is 2.86 bits per heavy atom. The Balaban J connectivity index is 2.31. The highest BCUT2D eigenvalue weighted by Crippen LogP contribution is 2.09. The summed E-state index contributed by atoms with van der Waals surface area (Å²) in [7, 11) is 0. The van der Waals surface area contributed by atoms with Crippen LogP contribution in [0.5, 0.6) is 0 Å². The van der Waals surface area contributed by atoms with E-state index in [9.17, 15) is 0 Å². The summed E-state index contributed by atoms with van der Waals surface area (Å²) in [4.78, 5) is 0. The summed E-state index contributed by atoms with van der Waals surface area (Å²) in [5.41, 5.74) is 1.06. The summed E-state index contributed by atoms with van der Waals surface area (Å²) in [5.74, 6) is 0. The standard InChI is InChI=1S/C10H14ClNO2/c11-9-3-1-2-8(4-9)5-12-6-10(14)7-13/h1-4,10,12-14H,5-7H2/t10-/m0/s1. The Kier molecular flexibility index (Phi) is 4.90. The lowest BCUT2D eigenvalue weighted by molar-refractivity contribution is 0.0942. The van der Waals surface area contributed by atoms with Crippen LogP contribution in [0.2, 0.25) is 5.02 Å². The van der Waals surface area contributed by atoms with Crippen LogP contribution in [0.1, 0.15) is 5.56 Å². The zero-order valence-corrected chi connectivity index (χ0v) is 8.54. The van der Waals surface area contributed by atoms with Crippen LogP contribution in [-0.4, -0.2) is 29.5 Å². The first-order valence-corrected chi connectivity index (χ1v) is 4.84. The molecule has 0 aromatic heterocycles. The molecule has 3 nitrogen and oxygen atoms in total. The van der Waals surface area contributed by atoms with Gasteiger partial charge in [0.05, 0.1) is 12.7 Å². The molecule has 1 atom stereocenters. The number of aliphatic hydroxyl groups excluding tert-OH is 2. The predicted molar refractivity (Wildman–Crippen MR) is 56.3 cm³/mol. The Labute approximate surface area is 88.3 Å². The number of hydrogen-bond donors (Lipinski definition) is 3. The van der Waals surface area contributed by atoms with E-state index in [0.717, 1.165) is 5.56 Å². The zero-order valence-electron chi connectivity index (χ0n) is 7.78. The molecule has 0 saturated carbocycles. The van der Waals surface area contributed by atoms with Gasteiger partial charge in [-0.3, -0.25) is 0 Å². The third kappa shape index (κ3) is 4.07. The summed E-state index contributed by atoms with van der Waals surface area (Å²) < 4.78 is 0. The van der Waals surface area contributed by atoms with Crippen LogP contribution >= 0.6 is 11.6 Å². The molecule has 3 N–H and O–H groups in total. The van der Waals surface area contributed by atoms with Gasteiger partial charge in [-0.05, 0) is 17.7 Å². The lowest BCUT2D eigenvalue weighted by atomic mass is 10.2. The second kappa shape index (κ2) is 5.98. The molecule has 78 valence electrons. The molecule has 1 aromatic rings. The maximum Gasteiger partial charge on any atom is 0.0895 e. The van der Waals surface area contributed by atoms with Gasteiger partial charge in [-0.2, -0.15) is 0 Å². The molecule has 0 fully saturated rings. The van der Waals surface area contributed by atoms with E-state index in [1.807, 2.05) is 24.3 Å². The van der Waals surface area contributed by atoms with E-state index in [2.05, 4.69) is 5.32 Å². The Morgan fingerprint density at radius 1 is 1.43 bits per heavy atom. The Bertz CT molecular complexity index is 281. The average molecular weight is 216 g/mol. The third-order valence-electron chi connectivity index (χ3n) is 1.81. The first-order valence-electron chi connectivity index (χ1n) is 4.46. The van der Waals surface area contributed by atoms with E-state index in [4.69, 9.17) is 21.8 Å².